The van der Waals surface area contributed by atoms with E-state index in [-0.39, 0.29) is 0 Å². The van der Waals surface area contributed by atoms with Gasteiger partial charge < -0.3 is 5.32 Å². The van der Waals surface area contributed by atoms with Gasteiger partial charge in [-0.25, -0.2) is 9.97 Å². The predicted molar refractivity (Wildman–Crippen MR) is 99.3 cm³/mol. The second-order valence-electron chi connectivity index (χ2n) is 6.33. The molecule has 1 unspecified atom stereocenters. The number of anilines is 2. The molecule has 0 saturated heterocycles. The highest BCUT2D eigenvalue weighted by Crippen LogP contribution is 2.40. The van der Waals surface area contributed by atoms with E-state index >= 15 is 0 Å². The molecule has 0 spiro atoms. The number of hydrogen-bond donors (Lipinski definition) is 1. The molecule has 24 heavy (non-hydrogen) atoms. The van der Waals surface area contributed by atoms with Crippen LogP contribution in [0, 0.1) is 5.92 Å². The Balaban J connectivity index is 1.61. The van der Waals surface area contributed by atoms with Gasteiger partial charge in [0.1, 0.15) is 22.5 Å². The van der Waals surface area contributed by atoms with Crippen molar-refractivity contribution in [2.24, 2.45) is 5.92 Å². The van der Waals surface area contributed by atoms with E-state index in [1.165, 1.54) is 33.8 Å². The van der Waals surface area contributed by atoms with Crippen LogP contribution in [0.15, 0.2) is 24.5 Å². The fourth-order valence-corrected chi connectivity index (χ4v) is 5.31. The summed E-state index contributed by atoms with van der Waals surface area (Å²) in [6.45, 7) is 2.33. The van der Waals surface area contributed by atoms with Crippen molar-refractivity contribution in [2.45, 2.75) is 26.2 Å². The molecule has 7 heteroatoms. The molecule has 4 aromatic rings. The van der Waals surface area contributed by atoms with Gasteiger partial charge in [0.15, 0.2) is 0 Å². The van der Waals surface area contributed by atoms with Gasteiger partial charge in [-0.1, -0.05) is 11.4 Å². The van der Waals surface area contributed by atoms with Crippen molar-refractivity contribution in [1.29, 1.82) is 0 Å². The van der Waals surface area contributed by atoms with Crippen LogP contribution in [0.5, 0.6) is 0 Å². The Hall–Kier alpha value is -2.12. The number of nitrogens with zero attached hydrogens (tertiary/aromatic N) is 4. The Morgan fingerprint density at radius 3 is 3.17 bits per heavy atom. The summed E-state index contributed by atoms with van der Waals surface area (Å²) in [5, 5.41) is 8.77. The Labute approximate surface area is 146 Å². The van der Waals surface area contributed by atoms with Crippen LogP contribution in [0.3, 0.4) is 0 Å². The van der Waals surface area contributed by atoms with Gasteiger partial charge in [0.05, 0.1) is 10.1 Å². The maximum atomic E-state index is 4.53. The van der Waals surface area contributed by atoms with Crippen LogP contribution in [0.1, 0.15) is 23.8 Å². The molecule has 0 saturated carbocycles. The first-order valence-corrected chi connectivity index (χ1v) is 9.61. The van der Waals surface area contributed by atoms with Crippen molar-refractivity contribution >= 4 is 54.8 Å². The third-order valence-electron chi connectivity index (χ3n) is 4.60. The van der Waals surface area contributed by atoms with Crippen LogP contribution >= 0.6 is 22.9 Å². The molecule has 0 bridgehead atoms. The summed E-state index contributed by atoms with van der Waals surface area (Å²) in [6, 6.07) is 6.09. The van der Waals surface area contributed by atoms with Crippen molar-refractivity contribution in [2.75, 3.05) is 5.32 Å². The summed E-state index contributed by atoms with van der Waals surface area (Å²) in [5.41, 5.74) is 3.38. The summed E-state index contributed by atoms with van der Waals surface area (Å²) in [6.07, 6.45) is 5.18. The highest BCUT2D eigenvalue weighted by atomic mass is 32.1. The van der Waals surface area contributed by atoms with Gasteiger partial charge in [-0.05, 0) is 60.5 Å². The van der Waals surface area contributed by atoms with Crippen LogP contribution in [-0.4, -0.2) is 19.6 Å². The second-order valence-corrected chi connectivity index (χ2v) is 8.20. The SMILES string of the molecule is CC1CCc2c(sc3ncnc(Nc4ccc5nnsc5c4)c23)C1. The summed E-state index contributed by atoms with van der Waals surface area (Å²) < 4.78 is 5.07. The molecule has 0 amide bonds. The Bertz CT molecular complexity index is 1050. The minimum Gasteiger partial charge on any atom is -0.340 e. The number of fused-ring (bicyclic) bond motifs is 4. The zero-order valence-corrected chi connectivity index (χ0v) is 14.7. The summed E-state index contributed by atoms with van der Waals surface area (Å²) in [7, 11) is 0. The van der Waals surface area contributed by atoms with E-state index in [9.17, 15) is 0 Å². The molecule has 3 aromatic heterocycles. The van der Waals surface area contributed by atoms with Gasteiger partial charge in [-0.2, -0.15) is 0 Å². The average molecular weight is 353 g/mol. The smallest absolute Gasteiger partial charge is 0.142 e. The molecule has 0 aliphatic heterocycles. The Morgan fingerprint density at radius 2 is 2.21 bits per heavy atom. The molecule has 5 nitrogen and oxygen atoms in total. The van der Waals surface area contributed by atoms with E-state index in [2.05, 4.69) is 37.9 Å². The lowest BCUT2D eigenvalue weighted by molar-refractivity contribution is 0.509. The molecule has 0 radical (unpaired) electrons. The molecule has 1 atom stereocenters. The van der Waals surface area contributed by atoms with E-state index in [0.717, 1.165) is 45.3 Å². The first-order chi connectivity index (χ1) is 11.8. The maximum Gasteiger partial charge on any atom is 0.142 e. The van der Waals surface area contributed by atoms with E-state index in [1.54, 1.807) is 6.33 Å². The van der Waals surface area contributed by atoms with Crippen LogP contribution in [0.2, 0.25) is 0 Å². The van der Waals surface area contributed by atoms with Crippen LogP contribution in [0.25, 0.3) is 20.4 Å². The average Bonchev–Trinajstić information content (AvgIpc) is 3.18. The number of rotatable bonds is 2. The van der Waals surface area contributed by atoms with Crippen LogP contribution in [0.4, 0.5) is 11.5 Å². The van der Waals surface area contributed by atoms with Crippen molar-refractivity contribution in [3.8, 4) is 0 Å². The standard InChI is InChI=1S/C17H15N5S2/c1-9-2-4-11-13(6-9)23-17-15(11)16(18-8-19-17)20-10-3-5-12-14(7-10)24-22-21-12/h3,5,7-9H,2,4,6H2,1H3,(H,18,19,20). The lowest BCUT2D eigenvalue weighted by atomic mass is 9.89. The monoisotopic (exact) mass is 353 g/mol. The highest BCUT2D eigenvalue weighted by Gasteiger charge is 2.23. The fraction of sp³-hybridized carbons (Fsp3) is 0.294. The van der Waals surface area contributed by atoms with Crippen LogP contribution < -0.4 is 5.32 Å². The molecule has 3 heterocycles. The number of aryl methyl sites for hydroxylation is 1. The summed E-state index contributed by atoms with van der Waals surface area (Å²) >= 11 is 3.23. The molecule has 1 aliphatic carbocycles. The molecule has 5 rings (SSSR count). The molecule has 1 N–H and O–H groups in total. The molecule has 1 aliphatic rings. The predicted octanol–water partition coefficient (Wildman–Crippen LogP) is 4.56. The lowest BCUT2D eigenvalue weighted by Crippen LogP contribution is -2.09. The van der Waals surface area contributed by atoms with Gasteiger partial charge in [0.25, 0.3) is 0 Å². The highest BCUT2D eigenvalue weighted by molar-refractivity contribution is 7.19. The largest absolute Gasteiger partial charge is 0.340 e. The number of nitrogens with one attached hydrogen (secondary N) is 1. The van der Waals surface area contributed by atoms with Crippen molar-refractivity contribution < 1.29 is 0 Å². The molecule has 120 valence electrons. The maximum absolute atomic E-state index is 4.53. The molecular weight excluding hydrogens is 338 g/mol. The minimum absolute atomic E-state index is 0.760. The zero-order chi connectivity index (χ0) is 16.1. The van der Waals surface area contributed by atoms with Crippen molar-refractivity contribution in [3.63, 3.8) is 0 Å². The quantitative estimate of drug-likeness (QED) is 0.572. The van der Waals surface area contributed by atoms with E-state index in [1.807, 2.05) is 23.5 Å². The number of hydrogen-bond acceptors (Lipinski definition) is 7. The first-order valence-electron chi connectivity index (χ1n) is 8.02. The van der Waals surface area contributed by atoms with E-state index in [0.29, 0.717) is 0 Å². The third kappa shape index (κ3) is 2.27. The van der Waals surface area contributed by atoms with Gasteiger partial charge in [0, 0.05) is 10.6 Å². The van der Waals surface area contributed by atoms with Crippen LogP contribution in [-0.2, 0) is 12.8 Å². The number of benzene rings is 1. The lowest BCUT2D eigenvalue weighted by Gasteiger charge is -2.18. The van der Waals surface area contributed by atoms with Gasteiger partial charge >= 0.3 is 0 Å². The third-order valence-corrected chi connectivity index (χ3v) is 6.45. The molecular formula is C17H15N5S2. The number of thiophene rings is 1. The molecule has 1 aromatic carbocycles. The Kier molecular flexibility index (Phi) is 3.24. The topological polar surface area (TPSA) is 63.6 Å². The number of aromatic nitrogens is 4. The van der Waals surface area contributed by atoms with Crippen molar-refractivity contribution in [1.82, 2.24) is 19.6 Å². The minimum atomic E-state index is 0.760. The van der Waals surface area contributed by atoms with Crippen molar-refractivity contribution in [3.05, 3.63) is 35.0 Å². The Morgan fingerprint density at radius 1 is 1.25 bits per heavy atom. The fourth-order valence-electron chi connectivity index (χ4n) is 3.36. The van der Waals surface area contributed by atoms with Gasteiger partial charge in [-0.3, -0.25) is 0 Å². The zero-order valence-electron chi connectivity index (χ0n) is 13.1. The first kappa shape index (κ1) is 14.2. The summed E-state index contributed by atoms with van der Waals surface area (Å²) in [5.74, 6) is 1.67. The molecule has 0 fully saturated rings. The second kappa shape index (κ2) is 5.46. The van der Waals surface area contributed by atoms with E-state index in [4.69, 9.17) is 0 Å². The normalized spacial score (nSPS) is 17.3. The van der Waals surface area contributed by atoms with E-state index < -0.39 is 0 Å². The summed E-state index contributed by atoms with van der Waals surface area (Å²) in [4.78, 5) is 11.6. The van der Waals surface area contributed by atoms with Gasteiger partial charge in [0.2, 0.25) is 0 Å². The van der Waals surface area contributed by atoms with Gasteiger partial charge in [-0.15, -0.1) is 16.4 Å².